The molecule has 0 bridgehead atoms. The van der Waals surface area contributed by atoms with Gasteiger partial charge in [-0.25, -0.2) is 0 Å². The number of benzene rings is 2. The summed E-state index contributed by atoms with van der Waals surface area (Å²) in [6.45, 7) is 0. The topological polar surface area (TPSA) is 58.6 Å². The molecule has 5 rings (SSSR count). The summed E-state index contributed by atoms with van der Waals surface area (Å²) in [5.74, 6) is 0. The Balaban J connectivity index is 0.000000129. The van der Waals surface area contributed by atoms with Crippen LogP contribution in [0.15, 0.2) is 90.0 Å². The maximum atomic E-state index is 10.8. The van der Waals surface area contributed by atoms with Gasteiger partial charge in [0.05, 0.1) is 11.0 Å². The molecule has 5 aromatic rings. The Kier molecular flexibility index (Phi) is 3.92. The molecule has 0 unspecified atom stereocenters. The van der Waals surface area contributed by atoms with Gasteiger partial charge in [0.15, 0.2) is 0 Å². The second-order valence-corrected chi connectivity index (χ2v) is 5.63. The Bertz CT molecular complexity index is 1170. The fraction of sp³-hybridized carbons (Fsp3) is 0. The molecule has 3 aromatic heterocycles. The smallest absolute Gasteiger partial charge is 0.248 e. The predicted octanol–water partition coefficient (Wildman–Crippen LogP) is 4.31. The van der Waals surface area contributed by atoms with E-state index in [1.165, 1.54) is 6.07 Å². The first-order chi connectivity index (χ1) is 12.3. The van der Waals surface area contributed by atoms with Crippen LogP contribution in [0.1, 0.15) is 0 Å². The number of aromatic amines is 1. The second kappa shape index (κ2) is 6.53. The standard InChI is InChI=1S/C12H8N2.C9H7NO/c1-3-9-5-6-10-4-2-8-14-12(10)11(9)13-7-1;11-9-6-5-7-3-1-2-4-8(7)10-9/h1-8H;1-6H,(H,10,11). The number of nitrogens with zero attached hydrogens (tertiary/aromatic N) is 2. The second-order valence-electron chi connectivity index (χ2n) is 5.63. The molecule has 1 N–H and O–H groups in total. The molecule has 0 aliphatic heterocycles. The zero-order valence-electron chi connectivity index (χ0n) is 13.4. The van der Waals surface area contributed by atoms with E-state index in [0.717, 1.165) is 32.7 Å². The third-order valence-electron chi connectivity index (χ3n) is 3.98. The number of fused-ring (bicyclic) bond motifs is 4. The van der Waals surface area contributed by atoms with Crippen LogP contribution < -0.4 is 5.56 Å². The lowest BCUT2D eigenvalue weighted by Crippen LogP contribution is -2.01. The molecule has 4 heteroatoms. The van der Waals surface area contributed by atoms with E-state index in [-0.39, 0.29) is 5.56 Å². The molecule has 0 aliphatic carbocycles. The van der Waals surface area contributed by atoms with Crippen LogP contribution in [0, 0.1) is 0 Å². The summed E-state index contributed by atoms with van der Waals surface area (Å²) in [4.78, 5) is 22.3. The monoisotopic (exact) mass is 325 g/mol. The quantitative estimate of drug-likeness (QED) is 0.432. The highest BCUT2D eigenvalue weighted by atomic mass is 16.1. The van der Waals surface area contributed by atoms with Crippen LogP contribution in [-0.2, 0) is 0 Å². The molecular formula is C21H15N3O. The highest BCUT2D eigenvalue weighted by Crippen LogP contribution is 2.20. The Hall–Kier alpha value is -3.53. The van der Waals surface area contributed by atoms with E-state index in [1.54, 1.807) is 12.4 Å². The van der Waals surface area contributed by atoms with Gasteiger partial charge >= 0.3 is 0 Å². The number of para-hydroxylation sites is 1. The molecule has 0 amide bonds. The van der Waals surface area contributed by atoms with Gasteiger partial charge in [-0.2, -0.15) is 0 Å². The molecule has 0 radical (unpaired) electrons. The molecule has 0 saturated heterocycles. The molecule has 0 spiro atoms. The van der Waals surface area contributed by atoms with Gasteiger partial charge in [-0.1, -0.05) is 42.5 Å². The largest absolute Gasteiger partial charge is 0.322 e. The fourth-order valence-corrected chi connectivity index (χ4v) is 2.78. The number of H-pyrrole nitrogens is 1. The minimum absolute atomic E-state index is 0.0521. The number of nitrogens with one attached hydrogen (secondary N) is 1. The van der Waals surface area contributed by atoms with Gasteiger partial charge in [-0.05, 0) is 29.7 Å². The van der Waals surface area contributed by atoms with E-state index in [2.05, 4.69) is 39.2 Å². The molecular weight excluding hydrogens is 310 g/mol. The van der Waals surface area contributed by atoms with Crippen molar-refractivity contribution >= 4 is 32.7 Å². The van der Waals surface area contributed by atoms with E-state index in [9.17, 15) is 4.79 Å². The molecule has 4 nitrogen and oxygen atoms in total. The van der Waals surface area contributed by atoms with Crippen LogP contribution in [0.5, 0.6) is 0 Å². The highest BCUT2D eigenvalue weighted by molar-refractivity contribution is 6.02. The lowest BCUT2D eigenvalue weighted by molar-refractivity contribution is 1.31. The van der Waals surface area contributed by atoms with Crippen molar-refractivity contribution < 1.29 is 0 Å². The number of rotatable bonds is 0. The van der Waals surface area contributed by atoms with Gasteiger partial charge < -0.3 is 4.98 Å². The maximum absolute atomic E-state index is 10.8. The summed E-state index contributed by atoms with van der Waals surface area (Å²) < 4.78 is 0. The Labute approximate surface area is 143 Å². The average molecular weight is 325 g/mol. The van der Waals surface area contributed by atoms with Crippen LogP contribution in [0.2, 0.25) is 0 Å². The van der Waals surface area contributed by atoms with E-state index in [0.29, 0.717) is 0 Å². The molecule has 0 fully saturated rings. The van der Waals surface area contributed by atoms with E-state index < -0.39 is 0 Å². The van der Waals surface area contributed by atoms with Crippen molar-refractivity contribution in [1.82, 2.24) is 15.0 Å². The molecule has 0 saturated carbocycles. The summed E-state index contributed by atoms with van der Waals surface area (Å²) in [6, 6.07) is 23.2. The minimum atomic E-state index is -0.0521. The predicted molar refractivity (Wildman–Crippen MR) is 102 cm³/mol. The molecule has 120 valence electrons. The van der Waals surface area contributed by atoms with Gasteiger partial charge in [0, 0.05) is 34.7 Å². The maximum Gasteiger partial charge on any atom is 0.248 e. The summed E-state index contributed by atoms with van der Waals surface area (Å²) in [5.41, 5.74) is 2.79. The Morgan fingerprint density at radius 1 is 0.600 bits per heavy atom. The van der Waals surface area contributed by atoms with Crippen molar-refractivity contribution in [2.24, 2.45) is 0 Å². The lowest BCUT2D eigenvalue weighted by atomic mass is 10.1. The van der Waals surface area contributed by atoms with Crippen LogP contribution in [0.25, 0.3) is 32.7 Å². The van der Waals surface area contributed by atoms with Crippen LogP contribution in [-0.4, -0.2) is 15.0 Å². The summed E-state index contributed by atoms with van der Waals surface area (Å²) in [5, 5.41) is 3.34. The summed E-state index contributed by atoms with van der Waals surface area (Å²) >= 11 is 0. The van der Waals surface area contributed by atoms with Gasteiger partial charge in [-0.3, -0.25) is 14.8 Å². The van der Waals surface area contributed by atoms with Crippen molar-refractivity contribution in [1.29, 1.82) is 0 Å². The van der Waals surface area contributed by atoms with E-state index in [1.807, 2.05) is 42.5 Å². The third kappa shape index (κ3) is 3.10. The zero-order chi connectivity index (χ0) is 17.1. The van der Waals surface area contributed by atoms with Gasteiger partial charge in [0.1, 0.15) is 0 Å². The summed E-state index contributed by atoms with van der Waals surface area (Å²) in [6.07, 6.45) is 3.60. The number of pyridine rings is 3. The fourth-order valence-electron chi connectivity index (χ4n) is 2.78. The van der Waals surface area contributed by atoms with Crippen molar-refractivity contribution in [3.05, 3.63) is 95.5 Å². The van der Waals surface area contributed by atoms with E-state index in [4.69, 9.17) is 0 Å². The van der Waals surface area contributed by atoms with Crippen LogP contribution in [0.3, 0.4) is 0 Å². The first-order valence-electron chi connectivity index (χ1n) is 7.98. The number of hydrogen-bond donors (Lipinski definition) is 1. The molecule has 3 heterocycles. The van der Waals surface area contributed by atoms with Gasteiger partial charge in [0.2, 0.25) is 5.56 Å². The van der Waals surface area contributed by atoms with Crippen molar-refractivity contribution in [2.45, 2.75) is 0 Å². The first-order valence-corrected chi connectivity index (χ1v) is 7.98. The first kappa shape index (κ1) is 15.0. The highest BCUT2D eigenvalue weighted by Gasteiger charge is 2.00. The minimum Gasteiger partial charge on any atom is -0.322 e. The van der Waals surface area contributed by atoms with Gasteiger partial charge in [0.25, 0.3) is 0 Å². The van der Waals surface area contributed by atoms with Gasteiger partial charge in [-0.15, -0.1) is 0 Å². The van der Waals surface area contributed by atoms with Crippen LogP contribution in [0.4, 0.5) is 0 Å². The number of hydrogen-bond acceptors (Lipinski definition) is 3. The molecule has 25 heavy (non-hydrogen) atoms. The van der Waals surface area contributed by atoms with E-state index >= 15 is 0 Å². The summed E-state index contributed by atoms with van der Waals surface area (Å²) in [7, 11) is 0. The zero-order valence-corrected chi connectivity index (χ0v) is 13.4. The van der Waals surface area contributed by atoms with Crippen molar-refractivity contribution in [3.63, 3.8) is 0 Å². The van der Waals surface area contributed by atoms with Crippen molar-refractivity contribution in [2.75, 3.05) is 0 Å². The molecule has 2 aromatic carbocycles. The van der Waals surface area contributed by atoms with Crippen LogP contribution >= 0.6 is 0 Å². The number of aromatic nitrogens is 3. The average Bonchev–Trinajstić information content (AvgIpc) is 2.68. The Morgan fingerprint density at radius 3 is 1.84 bits per heavy atom. The Morgan fingerprint density at radius 2 is 1.16 bits per heavy atom. The third-order valence-corrected chi connectivity index (χ3v) is 3.98. The lowest BCUT2D eigenvalue weighted by Gasteiger charge is -2.00. The molecule has 0 aliphatic rings. The van der Waals surface area contributed by atoms with Crippen molar-refractivity contribution in [3.8, 4) is 0 Å². The SMILES string of the molecule is O=c1ccc2ccccc2[nH]1.c1cnc2c(c1)ccc1cccnc12. The molecule has 0 atom stereocenters. The normalized spacial score (nSPS) is 10.6.